The molecule has 0 amide bonds. The number of hydrogen-bond donors (Lipinski definition) is 0. The van der Waals surface area contributed by atoms with Crippen LogP contribution in [0.2, 0.25) is 0 Å². The average Bonchev–Trinajstić information content (AvgIpc) is 2.68. The number of aryl methyl sites for hydroxylation is 2. The minimum Gasteiger partial charge on any atom is -0.336 e. The minimum absolute atomic E-state index is 0.131. The first-order chi connectivity index (χ1) is 6.68. The summed E-state index contributed by atoms with van der Waals surface area (Å²) in [6.07, 6.45) is 5.03. The standard InChI is InChI=1S/C8H11N5O/c1-11-4-3-9-7(11)5-13-8(14)12(2)6-10-13/h3-4,6H,5H2,1-2H3. The van der Waals surface area contributed by atoms with Gasteiger partial charge < -0.3 is 4.57 Å². The predicted molar refractivity (Wildman–Crippen MR) is 49.8 cm³/mol. The molecule has 2 aromatic heterocycles. The molecule has 0 aliphatic heterocycles. The van der Waals surface area contributed by atoms with Gasteiger partial charge in [-0.25, -0.2) is 14.5 Å². The lowest BCUT2D eigenvalue weighted by atomic mass is 10.6. The van der Waals surface area contributed by atoms with E-state index in [2.05, 4.69) is 10.1 Å². The van der Waals surface area contributed by atoms with Crippen molar-refractivity contribution in [3.05, 3.63) is 35.0 Å². The molecule has 0 fully saturated rings. The van der Waals surface area contributed by atoms with Gasteiger partial charge in [0.05, 0.1) is 0 Å². The molecular weight excluding hydrogens is 182 g/mol. The van der Waals surface area contributed by atoms with Gasteiger partial charge in [0.1, 0.15) is 18.7 Å². The molecule has 0 aliphatic rings. The highest BCUT2D eigenvalue weighted by Crippen LogP contribution is 1.94. The van der Waals surface area contributed by atoms with Crippen LogP contribution in [0.3, 0.4) is 0 Å². The molecule has 0 N–H and O–H groups in total. The summed E-state index contributed by atoms with van der Waals surface area (Å²) in [5.41, 5.74) is -0.131. The predicted octanol–water partition coefficient (Wildman–Crippen LogP) is -0.636. The lowest BCUT2D eigenvalue weighted by Gasteiger charge is -1.99. The molecule has 0 spiro atoms. The van der Waals surface area contributed by atoms with Crippen molar-refractivity contribution in [2.24, 2.45) is 14.1 Å². The third kappa shape index (κ3) is 1.34. The molecule has 0 unspecified atom stereocenters. The zero-order chi connectivity index (χ0) is 10.1. The van der Waals surface area contributed by atoms with Crippen LogP contribution in [0.5, 0.6) is 0 Å². The van der Waals surface area contributed by atoms with Gasteiger partial charge in [-0.15, -0.1) is 0 Å². The summed E-state index contributed by atoms with van der Waals surface area (Å²) in [5, 5.41) is 3.95. The normalized spacial score (nSPS) is 10.7. The fraction of sp³-hybridized carbons (Fsp3) is 0.375. The van der Waals surface area contributed by atoms with Gasteiger partial charge in [-0.3, -0.25) is 4.57 Å². The Hall–Kier alpha value is -1.85. The molecule has 6 nitrogen and oxygen atoms in total. The molecule has 2 heterocycles. The van der Waals surface area contributed by atoms with Crippen LogP contribution in [-0.2, 0) is 20.6 Å². The quantitative estimate of drug-likeness (QED) is 0.637. The summed E-state index contributed by atoms with van der Waals surface area (Å²) in [4.78, 5) is 15.5. The van der Waals surface area contributed by atoms with Crippen LogP contribution in [-0.4, -0.2) is 23.9 Å². The lowest BCUT2D eigenvalue weighted by Crippen LogP contribution is -2.24. The second kappa shape index (κ2) is 3.13. The highest BCUT2D eigenvalue weighted by molar-refractivity contribution is 4.91. The van der Waals surface area contributed by atoms with E-state index in [0.29, 0.717) is 6.54 Å². The molecule has 74 valence electrons. The van der Waals surface area contributed by atoms with Gasteiger partial charge in [-0.2, -0.15) is 5.10 Å². The summed E-state index contributed by atoms with van der Waals surface area (Å²) in [7, 11) is 3.56. The molecule has 0 bridgehead atoms. The van der Waals surface area contributed by atoms with E-state index in [4.69, 9.17) is 0 Å². The van der Waals surface area contributed by atoms with Crippen molar-refractivity contribution in [3.8, 4) is 0 Å². The van der Waals surface area contributed by atoms with Gasteiger partial charge >= 0.3 is 5.69 Å². The van der Waals surface area contributed by atoms with Crippen LogP contribution in [0.4, 0.5) is 0 Å². The molecule has 0 aromatic carbocycles. The summed E-state index contributed by atoms with van der Waals surface area (Å²) >= 11 is 0. The average molecular weight is 193 g/mol. The molecule has 2 aromatic rings. The summed E-state index contributed by atoms with van der Waals surface area (Å²) in [5.74, 6) is 0.811. The van der Waals surface area contributed by atoms with Crippen molar-refractivity contribution >= 4 is 0 Å². The fourth-order valence-corrected chi connectivity index (χ4v) is 1.21. The van der Waals surface area contributed by atoms with E-state index in [-0.39, 0.29) is 5.69 Å². The number of rotatable bonds is 2. The first kappa shape index (κ1) is 8.74. The van der Waals surface area contributed by atoms with E-state index in [1.165, 1.54) is 15.6 Å². The Morgan fingerprint density at radius 2 is 2.14 bits per heavy atom. The Morgan fingerprint density at radius 3 is 2.64 bits per heavy atom. The van der Waals surface area contributed by atoms with Gasteiger partial charge in [0.2, 0.25) is 0 Å². The summed E-state index contributed by atoms with van der Waals surface area (Å²) in [6, 6.07) is 0. The summed E-state index contributed by atoms with van der Waals surface area (Å²) in [6.45, 7) is 0.406. The van der Waals surface area contributed by atoms with Crippen LogP contribution in [0.25, 0.3) is 0 Å². The van der Waals surface area contributed by atoms with E-state index in [0.717, 1.165) is 5.82 Å². The van der Waals surface area contributed by atoms with E-state index in [9.17, 15) is 4.79 Å². The second-order valence-corrected chi connectivity index (χ2v) is 3.14. The summed E-state index contributed by atoms with van der Waals surface area (Å²) < 4.78 is 4.67. The first-order valence-corrected chi connectivity index (χ1v) is 4.23. The Bertz CT molecular complexity index is 492. The van der Waals surface area contributed by atoms with Crippen LogP contribution in [0, 0.1) is 0 Å². The third-order valence-electron chi connectivity index (χ3n) is 2.10. The first-order valence-electron chi connectivity index (χ1n) is 4.23. The zero-order valence-electron chi connectivity index (χ0n) is 8.08. The zero-order valence-corrected chi connectivity index (χ0v) is 8.08. The fourth-order valence-electron chi connectivity index (χ4n) is 1.21. The van der Waals surface area contributed by atoms with E-state index >= 15 is 0 Å². The lowest BCUT2D eigenvalue weighted by molar-refractivity contribution is 0.603. The van der Waals surface area contributed by atoms with Gasteiger partial charge in [0, 0.05) is 26.5 Å². The van der Waals surface area contributed by atoms with Crippen molar-refractivity contribution < 1.29 is 0 Å². The number of imidazole rings is 1. The van der Waals surface area contributed by atoms with Crippen molar-refractivity contribution in [2.75, 3.05) is 0 Å². The van der Waals surface area contributed by atoms with E-state index in [1.807, 2.05) is 17.8 Å². The molecule has 14 heavy (non-hydrogen) atoms. The van der Waals surface area contributed by atoms with Gasteiger partial charge in [0.15, 0.2) is 0 Å². The van der Waals surface area contributed by atoms with Crippen molar-refractivity contribution in [1.82, 2.24) is 23.9 Å². The monoisotopic (exact) mass is 193 g/mol. The van der Waals surface area contributed by atoms with E-state index < -0.39 is 0 Å². The van der Waals surface area contributed by atoms with Crippen molar-refractivity contribution in [2.45, 2.75) is 6.54 Å². The van der Waals surface area contributed by atoms with Gasteiger partial charge in [0.25, 0.3) is 0 Å². The number of aromatic nitrogens is 5. The molecular formula is C8H11N5O. The van der Waals surface area contributed by atoms with Crippen LogP contribution < -0.4 is 5.69 Å². The van der Waals surface area contributed by atoms with Crippen LogP contribution >= 0.6 is 0 Å². The highest BCUT2D eigenvalue weighted by atomic mass is 16.2. The maximum atomic E-state index is 11.4. The molecule has 0 aliphatic carbocycles. The minimum atomic E-state index is -0.131. The smallest absolute Gasteiger partial charge is 0.336 e. The molecule has 0 saturated carbocycles. The second-order valence-electron chi connectivity index (χ2n) is 3.14. The van der Waals surface area contributed by atoms with Gasteiger partial charge in [-0.05, 0) is 0 Å². The number of nitrogens with zero attached hydrogens (tertiary/aromatic N) is 5. The Balaban J connectivity index is 2.32. The molecule has 2 rings (SSSR count). The Labute approximate surface area is 80.4 Å². The third-order valence-corrected chi connectivity index (χ3v) is 2.10. The van der Waals surface area contributed by atoms with Crippen LogP contribution in [0.15, 0.2) is 23.5 Å². The van der Waals surface area contributed by atoms with Crippen molar-refractivity contribution in [1.29, 1.82) is 0 Å². The maximum Gasteiger partial charge on any atom is 0.345 e. The Kier molecular flexibility index (Phi) is 1.95. The van der Waals surface area contributed by atoms with Crippen molar-refractivity contribution in [3.63, 3.8) is 0 Å². The molecule has 6 heteroatoms. The molecule has 0 atom stereocenters. The SMILES string of the molecule is Cn1ccnc1Cn1ncn(C)c1=O. The largest absolute Gasteiger partial charge is 0.345 e. The maximum absolute atomic E-state index is 11.4. The topological polar surface area (TPSA) is 57.6 Å². The Morgan fingerprint density at radius 1 is 1.36 bits per heavy atom. The van der Waals surface area contributed by atoms with Gasteiger partial charge in [-0.1, -0.05) is 0 Å². The highest BCUT2D eigenvalue weighted by Gasteiger charge is 2.05. The molecule has 0 saturated heterocycles. The number of hydrogen-bond acceptors (Lipinski definition) is 3. The van der Waals surface area contributed by atoms with E-state index in [1.54, 1.807) is 13.2 Å². The van der Waals surface area contributed by atoms with Crippen LogP contribution in [0.1, 0.15) is 5.82 Å². The molecule has 0 radical (unpaired) electrons.